The molecule has 1 atom stereocenters. The smallest absolute Gasteiger partial charge is 0.251 e. The molecule has 1 aromatic heterocycles. The van der Waals surface area contributed by atoms with E-state index in [-0.39, 0.29) is 17.4 Å². The average Bonchev–Trinajstić information content (AvgIpc) is 2.32. The summed E-state index contributed by atoms with van der Waals surface area (Å²) in [5.74, 6) is -0.162. The number of halogens is 1. The number of carbonyl (C=O) groups is 1. The van der Waals surface area contributed by atoms with Gasteiger partial charge in [0.15, 0.2) is 0 Å². The van der Waals surface area contributed by atoms with Gasteiger partial charge in [-0.15, -0.1) is 0 Å². The van der Waals surface area contributed by atoms with Crippen molar-refractivity contribution in [3.63, 3.8) is 0 Å². The first kappa shape index (κ1) is 16.9. The predicted molar refractivity (Wildman–Crippen MR) is 81.2 cm³/mol. The topological polar surface area (TPSA) is 62.2 Å². The molecule has 0 bridgehead atoms. The second kappa shape index (κ2) is 7.04. The van der Waals surface area contributed by atoms with Crippen LogP contribution in [-0.4, -0.2) is 28.6 Å². The third-order valence-electron chi connectivity index (χ3n) is 2.91. The summed E-state index contributed by atoms with van der Waals surface area (Å²) < 4.78 is 0. The van der Waals surface area contributed by atoms with Crippen LogP contribution in [0.1, 0.15) is 56.6 Å². The van der Waals surface area contributed by atoms with E-state index < -0.39 is 0 Å². The normalized spacial score (nSPS) is 13.1. The van der Waals surface area contributed by atoms with Crippen LogP contribution < -0.4 is 5.32 Å². The second-order valence-electron chi connectivity index (χ2n) is 6.06. The van der Waals surface area contributed by atoms with E-state index in [4.69, 9.17) is 16.7 Å². The lowest BCUT2D eigenvalue weighted by molar-refractivity contribution is 0.0949. The SMILES string of the molecule is CC(O)CCCNC(=O)c1cc(Cl)nc(C(C)(C)C)c1. The van der Waals surface area contributed by atoms with Crippen molar-refractivity contribution >= 4 is 17.5 Å². The Morgan fingerprint density at radius 3 is 2.65 bits per heavy atom. The molecule has 0 saturated carbocycles. The molecule has 2 N–H and O–H groups in total. The first-order valence-corrected chi connectivity index (χ1v) is 7.22. The highest BCUT2D eigenvalue weighted by molar-refractivity contribution is 6.29. The molecule has 0 aliphatic heterocycles. The predicted octanol–water partition coefficient (Wildman–Crippen LogP) is 2.92. The van der Waals surface area contributed by atoms with Gasteiger partial charge in [0.05, 0.1) is 6.10 Å². The minimum atomic E-state index is -0.338. The molecule has 0 aromatic carbocycles. The monoisotopic (exact) mass is 298 g/mol. The lowest BCUT2D eigenvalue weighted by atomic mass is 9.91. The quantitative estimate of drug-likeness (QED) is 0.649. The molecular weight excluding hydrogens is 276 g/mol. The van der Waals surface area contributed by atoms with E-state index in [9.17, 15) is 4.79 Å². The van der Waals surface area contributed by atoms with Gasteiger partial charge in [-0.3, -0.25) is 4.79 Å². The highest BCUT2D eigenvalue weighted by Crippen LogP contribution is 2.23. The summed E-state index contributed by atoms with van der Waals surface area (Å²) in [6.07, 6.45) is 1.08. The minimum absolute atomic E-state index is 0.160. The lowest BCUT2D eigenvalue weighted by Crippen LogP contribution is -2.26. The van der Waals surface area contributed by atoms with Crippen LogP contribution in [0.15, 0.2) is 12.1 Å². The fourth-order valence-electron chi connectivity index (χ4n) is 1.71. The van der Waals surface area contributed by atoms with Crippen molar-refractivity contribution in [2.45, 2.75) is 52.1 Å². The number of aliphatic hydroxyl groups is 1. The fraction of sp³-hybridized carbons (Fsp3) is 0.600. The van der Waals surface area contributed by atoms with E-state index in [1.165, 1.54) is 0 Å². The molecule has 0 aliphatic rings. The van der Waals surface area contributed by atoms with Gasteiger partial charge in [0.2, 0.25) is 0 Å². The van der Waals surface area contributed by atoms with Crippen molar-refractivity contribution in [3.05, 3.63) is 28.5 Å². The van der Waals surface area contributed by atoms with Crippen molar-refractivity contribution in [3.8, 4) is 0 Å². The second-order valence-corrected chi connectivity index (χ2v) is 6.45. The van der Waals surface area contributed by atoms with Crippen LogP contribution in [0, 0.1) is 0 Å². The molecule has 1 heterocycles. The summed E-state index contributed by atoms with van der Waals surface area (Å²) in [7, 11) is 0. The Morgan fingerprint density at radius 2 is 2.10 bits per heavy atom. The molecule has 0 aliphatic carbocycles. The van der Waals surface area contributed by atoms with Crippen LogP contribution in [0.4, 0.5) is 0 Å². The summed E-state index contributed by atoms with van der Waals surface area (Å²) in [5.41, 5.74) is 1.15. The highest BCUT2D eigenvalue weighted by atomic mass is 35.5. The zero-order valence-electron chi connectivity index (χ0n) is 12.5. The summed E-state index contributed by atoms with van der Waals surface area (Å²) in [6.45, 7) is 8.34. The van der Waals surface area contributed by atoms with Crippen LogP contribution in [0.5, 0.6) is 0 Å². The van der Waals surface area contributed by atoms with Gasteiger partial charge in [-0.1, -0.05) is 32.4 Å². The van der Waals surface area contributed by atoms with E-state index in [0.29, 0.717) is 23.7 Å². The van der Waals surface area contributed by atoms with E-state index in [1.54, 1.807) is 19.1 Å². The van der Waals surface area contributed by atoms with E-state index in [0.717, 1.165) is 12.1 Å². The molecule has 0 radical (unpaired) electrons. The zero-order chi connectivity index (χ0) is 15.3. The first-order valence-electron chi connectivity index (χ1n) is 6.84. The van der Waals surface area contributed by atoms with Gasteiger partial charge >= 0.3 is 0 Å². The summed E-state index contributed by atoms with van der Waals surface area (Å²) in [5, 5.41) is 12.3. The Labute approximate surface area is 125 Å². The third-order valence-corrected chi connectivity index (χ3v) is 3.10. The number of carbonyl (C=O) groups excluding carboxylic acids is 1. The van der Waals surface area contributed by atoms with Crippen LogP contribution in [0.2, 0.25) is 5.15 Å². The number of aromatic nitrogens is 1. The van der Waals surface area contributed by atoms with E-state index >= 15 is 0 Å². The lowest BCUT2D eigenvalue weighted by Gasteiger charge is -2.18. The zero-order valence-corrected chi connectivity index (χ0v) is 13.3. The summed E-state index contributed by atoms with van der Waals surface area (Å²) in [4.78, 5) is 16.3. The van der Waals surface area contributed by atoms with Crippen LogP contribution >= 0.6 is 11.6 Å². The Hall–Kier alpha value is -1.13. The number of amides is 1. The first-order chi connectivity index (χ1) is 9.20. The van der Waals surface area contributed by atoms with Gasteiger partial charge in [0, 0.05) is 23.2 Å². The van der Waals surface area contributed by atoms with Crippen LogP contribution in [-0.2, 0) is 5.41 Å². The molecular formula is C15H23ClN2O2. The Balaban J connectivity index is 2.71. The molecule has 0 saturated heterocycles. The number of nitrogens with zero attached hydrogens (tertiary/aromatic N) is 1. The molecule has 1 aromatic rings. The molecule has 1 amide bonds. The number of hydrogen-bond donors (Lipinski definition) is 2. The van der Waals surface area contributed by atoms with Gasteiger partial charge in [-0.2, -0.15) is 0 Å². The number of rotatable bonds is 5. The molecule has 112 valence electrons. The van der Waals surface area contributed by atoms with Crippen molar-refractivity contribution in [1.29, 1.82) is 0 Å². The third kappa shape index (κ3) is 5.47. The average molecular weight is 299 g/mol. The van der Waals surface area contributed by atoms with Gasteiger partial charge < -0.3 is 10.4 Å². The Morgan fingerprint density at radius 1 is 1.45 bits per heavy atom. The number of nitrogens with one attached hydrogen (secondary N) is 1. The number of hydrogen-bond acceptors (Lipinski definition) is 3. The minimum Gasteiger partial charge on any atom is -0.393 e. The highest BCUT2D eigenvalue weighted by Gasteiger charge is 2.18. The maximum Gasteiger partial charge on any atom is 0.251 e. The largest absolute Gasteiger partial charge is 0.393 e. The van der Waals surface area contributed by atoms with Gasteiger partial charge in [0.1, 0.15) is 5.15 Å². The molecule has 0 spiro atoms. The van der Waals surface area contributed by atoms with Crippen LogP contribution in [0.3, 0.4) is 0 Å². The Kier molecular flexibility index (Phi) is 5.96. The molecule has 4 nitrogen and oxygen atoms in total. The van der Waals surface area contributed by atoms with Crippen molar-refractivity contribution < 1.29 is 9.90 Å². The summed E-state index contributed by atoms with van der Waals surface area (Å²) >= 11 is 5.98. The van der Waals surface area contributed by atoms with Gasteiger partial charge in [-0.25, -0.2) is 4.98 Å². The number of aliphatic hydroxyl groups excluding tert-OH is 1. The van der Waals surface area contributed by atoms with Crippen molar-refractivity contribution in [1.82, 2.24) is 10.3 Å². The van der Waals surface area contributed by atoms with E-state index in [1.807, 2.05) is 20.8 Å². The molecule has 1 unspecified atom stereocenters. The van der Waals surface area contributed by atoms with Crippen molar-refractivity contribution in [2.24, 2.45) is 0 Å². The molecule has 1 rings (SSSR count). The van der Waals surface area contributed by atoms with E-state index in [2.05, 4.69) is 10.3 Å². The maximum atomic E-state index is 12.1. The maximum absolute atomic E-state index is 12.1. The van der Waals surface area contributed by atoms with Crippen molar-refractivity contribution in [2.75, 3.05) is 6.54 Å². The Bertz CT molecular complexity index is 467. The fourth-order valence-corrected chi connectivity index (χ4v) is 1.92. The molecule has 20 heavy (non-hydrogen) atoms. The van der Waals surface area contributed by atoms with Crippen LogP contribution in [0.25, 0.3) is 0 Å². The van der Waals surface area contributed by atoms with Gasteiger partial charge in [-0.05, 0) is 31.9 Å². The standard InChI is InChI=1S/C15H23ClN2O2/c1-10(19)6-5-7-17-14(20)11-8-12(15(2,3)4)18-13(16)9-11/h8-10,19H,5-7H2,1-4H3,(H,17,20). The molecule has 5 heteroatoms. The molecule has 0 fully saturated rings. The van der Waals surface area contributed by atoms with Gasteiger partial charge in [0.25, 0.3) is 5.91 Å². The summed E-state index contributed by atoms with van der Waals surface area (Å²) in [6, 6.07) is 3.34. The number of pyridine rings is 1.